The molecule has 0 spiro atoms. The molecule has 2 rings (SSSR count). The van der Waals surface area contributed by atoms with Crippen LogP contribution in [0, 0.1) is 6.92 Å². The molecule has 0 bridgehead atoms. The average molecular weight is 280 g/mol. The normalized spacial score (nSPS) is 10.4. The fourth-order valence-electron chi connectivity index (χ4n) is 1.64. The van der Waals surface area contributed by atoms with Crippen molar-refractivity contribution in [1.82, 2.24) is 4.98 Å². The molecule has 0 saturated carbocycles. The quantitative estimate of drug-likeness (QED) is 0.531. The highest BCUT2D eigenvalue weighted by atomic mass is 35.5. The number of hydrogen-bond donors (Lipinski definition) is 1. The van der Waals surface area contributed by atoms with Gasteiger partial charge in [0.25, 0.3) is 0 Å². The molecule has 6 heteroatoms. The first kappa shape index (κ1) is 13.3. The van der Waals surface area contributed by atoms with E-state index in [9.17, 15) is 9.59 Å². The topological polar surface area (TPSA) is 76.5 Å². The smallest absolute Gasteiger partial charge is 0.322 e. The molecule has 19 heavy (non-hydrogen) atoms. The van der Waals surface area contributed by atoms with Gasteiger partial charge in [-0.1, -0.05) is 23.2 Å². The highest BCUT2D eigenvalue weighted by molar-refractivity contribution is 6.30. The van der Waals surface area contributed by atoms with Gasteiger partial charge in [-0.25, -0.2) is 4.98 Å². The number of halogens is 1. The van der Waals surface area contributed by atoms with Gasteiger partial charge < -0.3 is 9.84 Å². The Bertz CT molecular complexity index is 669. The minimum Gasteiger partial charge on any atom is -0.481 e. The van der Waals surface area contributed by atoms with Gasteiger partial charge in [0.1, 0.15) is 17.3 Å². The van der Waals surface area contributed by atoms with Crippen LogP contribution in [-0.2, 0) is 9.59 Å². The van der Waals surface area contributed by atoms with Gasteiger partial charge in [0, 0.05) is 11.5 Å². The zero-order valence-corrected chi connectivity index (χ0v) is 10.8. The number of pyridine rings is 1. The standard InChI is InChI=1S/C13H10ClNO4/c1-7-2-3-9-8(4-7)10(5-11(14)15-9)19-13(18)6-12(16)17/h2-5H,6H2,1H3,(H,16,17). The highest BCUT2D eigenvalue weighted by Gasteiger charge is 2.13. The van der Waals surface area contributed by atoms with Crippen molar-refractivity contribution in [3.05, 3.63) is 35.0 Å². The number of carboxylic acid groups (broad SMARTS) is 1. The summed E-state index contributed by atoms with van der Waals surface area (Å²) in [6, 6.07) is 6.80. The van der Waals surface area contributed by atoms with E-state index in [-0.39, 0.29) is 10.9 Å². The predicted molar refractivity (Wildman–Crippen MR) is 69.4 cm³/mol. The maximum Gasteiger partial charge on any atom is 0.322 e. The van der Waals surface area contributed by atoms with Gasteiger partial charge in [-0.05, 0) is 19.1 Å². The van der Waals surface area contributed by atoms with Crippen LogP contribution in [0.15, 0.2) is 24.3 Å². The molecule has 0 aliphatic heterocycles. The van der Waals surface area contributed by atoms with Crippen molar-refractivity contribution in [3.63, 3.8) is 0 Å². The Morgan fingerprint density at radius 2 is 2.11 bits per heavy atom. The first-order valence-corrected chi connectivity index (χ1v) is 5.83. The summed E-state index contributed by atoms with van der Waals surface area (Å²) in [6.45, 7) is 1.89. The van der Waals surface area contributed by atoms with E-state index in [4.69, 9.17) is 21.4 Å². The molecule has 0 unspecified atom stereocenters. The van der Waals surface area contributed by atoms with Crippen molar-refractivity contribution in [2.24, 2.45) is 0 Å². The fourth-order valence-corrected chi connectivity index (χ4v) is 1.83. The van der Waals surface area contributed by atoms with E-state index in [1.807, 2.05) is 13.0 Å². The van der Waals surface area contributed by atoms with Crippen LogP contribution >= 0.6 is 11.6 Å². The van der Waals surface area contributed by atoms with Crippen LogP contribution in [0.5, 0.6) is 5.75 Å². The zero-order chi connectivity index (χ0) is 14.0. The number of esters is 1. The predicted octanol–water partition coefficient (Wildman–Crippen LogP) is 2.58. The summed E-state index contributed by atoms with van der Waals surface area (Å²) in [5, 5.41) is 9.32. The van der Waals surface area contributed by atoms with Gasteiger partial charge in [0.15, 0.2) is 0 Å². The minimum atomic E-state index is -1.24. The van der Waals surface area contributed by atoms with Gasteiger partial charge in [-0.2, -0.15) is 0 Å². The highest BCUT2D eigenvalue weighted by Crippen LogP contribution is 2.28. The molecule has 0 aliphatic rings. The molecule has 98 valence electrons. The van der Waals surface area contributed by atoms with E-state index >= 15 is 0 Å². The van der Waals surface area contributed by atoms with Crippen LogP contribution < -0.4 is 4.74 Å². The Morgan fingerprint density at radius 1 is 1.37 bits per heavy atom. The van der Waals surface area contributed by atoms with Crippen LogP contribution in [0.1, 0.15) is 12.0 Å². The lowest BCUT2D eigenvalue weighted by Crippen LogP contribution is -2.13. The summed E-state index contributed by atoms with van der Waals surface area (Å²) in [5.74, 6) is -1.88. The largest absolute Gasteiger partial charge is 0.481 e. The fraction of sp³-hybridized carbons (Fsp3) is 0.154. The lowest BCUT2D eigenvalue weighted by atomic mass is 10.1. The summed E-state index contributed by atoms with van der Waals surface area (Å²) in [5.41, 5.74) is 1.54. The molecule has 0 fully saturated rings. The van der Waals surface area contributed by atoms with Crippen LogP contribution in [-0.4, -0.2) is 22.0 Å². The molecule has 0 atom stereocenters. The van der Waals surface area contributed by atoms with Gasteiger partial charge in [0.05, 0.1) is 5.52 Å². The SMILES string of the molecule is Cc1ccc2nc(Cl)cc(OC(=O)CC(=O)O)c2c1. The van der Waals surface area contributed by atoms with E-state index in [0.717, 1.165) is 5.56 Å². The maximum atomic E-state index is 11.4. The molecule has 0 amide bonds. The third-order valence-electron chi connectivity index (χ3n) is 2.41. The average Bonchev–Trinajstić information content (AvgIpc) is 2.28. The van der Waals surface area contributed by atoms with Crippen molar-refractivity contribution < 1.29 is 19.4 Å². The molecule has 1 heterocycles. The Kier molecular flexibility index (Phi) is 3.66. The van der Waals surface area contributed by atoms with Crippen molar-refractivity contribution in [2.75, 3.05) is 0 Å². The van der Waals surface area contributed by atoms with Crippen molar-refractivity contribution >= 4 is 34.4 Å². The Balaban J connectivity index is 2.43. The van der Waals surface area contributed by atoms with E-state index in [1.54, 1.807) is 12.1 Å². The lowest BCUT2D eigenvalue weighted by molar-refractivity contribution is -0.145. The number of carbonyl (C=O) groups is 2. The number of hydrogen-bond acceptors (Lipinski definition) is 4. The minimum absolute atomic E-state index is 0.175. The summed E-state index contributed by atoms with van der Waals surface area (Å²) < 4.78 is 5.03. The Morgan fingerprint density at radius 3 is 2.79 bits per heavy atom. The Hall–Kier alpha value is -2.14. The van der Waals surface area contributed by atoms with Crippen LogP contribution in [0.3, 0.4) is 0 Å². The third-order valence-corrected chi connectivity index (χ3v) is 2.61. The molecule has 5 nitrogen and oxygen atoms in total. The number of carboxylic acids is 1. The first-order chi connectivity index (χ1) is 8.95. The number of aliphatic carboxylic acids is 1. The molecule has 1 N–H and O–H groups in total. The maximum absolute atomic E-state index is 11.4. The molecular weight excluding hydrogens is 270 g/mol. The summed E-state index contributed by atoms with van der Waals surface area (Å²) in [4.78, 5) is 25.9. The second-order valence-electron chi connectivity index (χ2n) is 4.01. The number of rotatable bonds is 3. The number of aryl methyl sites for hydroxylation is 1. The third kappa shape index (κ3) is 3.20. The van der Waals surface area contributed by atoms with Crippen LogP contribution in [0.2, 0.25) is 5.15 Å². The van der Waals surface area contributed by atoms with Gasteiger partial charge in [0.2, 0.25) is 0 Å². The molecule has 0 aliphatic carbocycles. The van der Waals surface area contributed by atoms with Gasteiger partial charge >= 0.3 is 11.9 Å². The number of carbonyl (C=O) groups excluding carboxylic acids is 1. The summed E-state index contributed by atoms with van der Waals surface area (Å²) >= 11 is 5.83. The molecule has 0 saturated heterocycles. The van der Waals surface area contributed by atoms with Gasteiger partial charge in [-0.3, -0.25) is 9.59 Å². The van der Waals surface area contributed by atoms with Crippen LogP contribution in [0.25, 0.3) is 10.9 Å². The number of nitrogens with zero attached hydrogens (tertiary/aromatic N) is 1. The van der Waals surface area contributed by atoms with E-state index in [0.29, 0.717) is 10.9 Å². The second-order valence-corrected chi connectivity index (χ2v) is 4.40. The first-order valence-electron chi connectivity index (χ1n) is 5.45. The Labute approximate surface area is 113 Å². The zero-order valence-electron chi connectivity index (χ0n) is 10.0. The number of fused-ring (bicyclic) bond motifs is 1. The molecule has 1 aromatic heterocycles. The van der Waals surface area contributed by atoms with E-state index in [2.05, 4.69) is 4.98 Å². The van der Waals surface area contributed by atoms with Gasteiger partial charge in [-0.15, -0.1) is 0 Å². The monoisotopic (exact) mass is 279 g/mol. The summed E-state index contributed by atoms with van der Waals surface area (Å²) in [6.07, 6.45) is -0.701. The molecular formula is C13H10ClNO4. The summed E-state index contributed by atoms with van der Waals surface area (Å²) in [7, 11) is 0. The molecule has 1 aromatic carbocycles. The molecule has 2 aromatic rings. The van der Waals surface area contributed by atoms with Crippen molar-refractivity contribution in [2.45, 2.75) is 13.3 Å². The number of ether oxygens (including phenoxy) is 1. The van der Waals surface area contributed by atoms with Crippen molar-refractivity contribution in [1.29, 1.82) is 0 Å². The van der Waals surface area contributed by atoms with Crippen LogP contribution in [0.4, 0.5) is 0 Å². The van der Waals surface area contributed by atoms with E-state index < -0.39 is 18.4 Å². The second kappa shape index (κ2) is 5.24. The number of aromatic nitrogens is 1. The number of benzene rings is 1. The molecule has 0 radical (unpaired) electrons. The van der Waals surface area contributed by atoms with E-state index in [1.165, 1.54) is 6.07 Å². The van der Waals surface area contributed by atoms with Crippen molar-refractivity contribution in [3.8, 4) is 5.75 Å². The lowest BCUT2D eigenvalue weighted by Gasteiger charge is -2.08.